The van der Waals surface area contributed by atoms with Crippen molar-refractivity contribution in [1.29, 1.82) is 0 Å². The quantitative estimate of drug-likeness (QED) is 0.704. The van der Waals surface area contributed by atoms with Gasteiger partial charge in [0.05, 0.1) is 27.9 Å². The fourth-order valence-corrected chi connectivity index (χ4v) is 4.01. The number of benzene rings is 1. The molecular formula is C23H30N2O5. The van der Waals surface area contributed by atoms with Gasteiger partial charge in [0.15, 0.2) is 11.5 Å². The van der Waals surface area contributed by atoms with Crippen LogP contribution in [-0.4, -0.2) is 44.9 Å². The van der Waals surface area contributed by atoms with Crippen molar-refractivity contribution in [2.45, 2.75) is 44.6 Å². The molecule has 0 saturated heterocycles. The summed E-state index contributed by atoms with van der Waals surface area (Å²) in [7, 11) is 4.66. The highest BCUT2D eigenvalue weighted by Gasteiger charge is 2.29. The topological polar surface area (TPSA) is 78.9 Å². The largest absolute Gasteiger partial charge is 0.493 e. The number of methoxy groups -OCH3 is 3. The minimum absolute atomic E-state index is 0.0147. The van der Waals surface area contributed by atoms with Crippen LogP contribution in [0, 0.1) is 0 Å². The first-order valence-electron chi connectivity index (χ1n) is 10.3. The number of carbonyl (C=O) groups is 1. The molecule has 1 amide bonds. The number of hydrogen-bond donors (Lipinski definition) is 1. The number of carbonyl (C=O) groups excluding carboxylic acids is 1. The summed E-state index contributed by atoms with van der Waals surface area (Å²) in [5.74, 6) is 2.10. The Balaban J connectivity index is 1.83. The summed E-state index contributed by atoms with van der Waals surface area (Å²) in [6, 6.07) is 9.39. The van der Waals surface area contributed by atoms with Crippen molar-refractivity contribution in [3.05, 3.63) is 41.5 Å². The summed E-state index contributed by atoms with van der Waals surface area (Å²) in [4.78, 5) is 17.2. The molecule has 0 radical (unpaired) electrons. The second-order valence-electron chi connectivity index (χ2n) is 7.22. The van der Waals surface area contributed by atoms with Crippen molar-refractivity contribution in [2.24, 2.45) is 0 Å². The molecule has 1 heterocycles. The van der Waals surface area contributed by atoms with Gasteiger partial charge < -0.3 is 24.3 Å². The Bertz CT molecular complexity index is 871. The van der Waals surface area contributed by atoms with Gasteiger partial charge in [0, 0.05) is 18.0 Å². The maximum Gasteiger partial charge on any atom is 0.257 e. The Labute approximate surface area is 177 Å². The lowest BCUT2D eigenvalue weighted by Gasteiger charge is -2.33. The zero-order valence-electron chi connectivity index (χ0n) is 18.1. The van der Waals surface area contributed by atoms with Gasteiger partial charge >= 0.3 is 0 Å². The van der Waals surface area contributed by atoms with E-state index in [1.54, 1.807) is 19.2 Å². The third-order valence-corrected chi connectivity index (χ3v) is 5.48. The van der Waals surface area contributed by atoms with Crippen LogP contribution >= 0.6 is 0 Å². The fourth-order valence-electron chi connectivity index (χ4n) is 4.01. The number of pyridine rings is 1. The van der Waals surface area contributed by atoms with Gasteiger partial charge in [-0.3, -0.25) is 4.79 Å². The summed E-state index contributed by atoms with van der Waals surface area (Å²) in [5.41, 5.74) is 1.54. The molecule has 2 atom stereocenters. The Morgan fingerprint density at radius 2 is 1.83 bits per heavy atom. The number of nitrogens with zero attached hydrogens (tertiary/aromatic N) is 1. The molecule has 7 nitrogen and oxygen atoms in total. The molecule has 1 aliphatic carbocycles. The fraction of sp³-hybridized carbons (Fsp3) is 0.478. The summed E-state index contributed by atoms with van der Waals surface area (Å²) in [5, 5.41) is 3.20. The number of ether oxygens (including phenoxy) is 4. The van der Waals surface area contributed by atoms with Crippen LogP contribution in [0.15, 0.2) is 30.3 Å². The molecule has 1 aromatic heterocycles. The van der Waals surface area contributed by atoms with Crippen LogP contribution < -0.4 is 24.3 Å². The molecular weight excluding hydrogens is 384 g/mol. The zero-order chi connectivity index (χ0) is 21.5. The minimum atomic E-state index is -0.197. The number of hydrogen-bond acceptors (Lipinski definition) is 6. The van der Waals surface area contributed by atoms with Gasteiger partial charge in [-0.15, -0.1) is 0 Å². The molecule has 30 heavy (non-hydrogen) atoms. The number of amides is 1. The van der Waals surface area contributed by atoms with Gasteiger partial charge in [-0.25, -0.2) is 0 Å². The highest BCUT2D eigenvalue weighted by molar-refractivity contribution is 5.96. The van der Waals surface area contributed by atoms with Crippen LogP contribution in [0.5, 0.6) is 23.3 Å². The summed E-state index contributed by atoms with van der Waals surface area (Å²) >= 11 is 0. The number of rotatable bonds is 8. The van der Waals surface area contributed by atoms with E-state index in [0.717, 1.165) is 37.0 Å². The van der Waals surface area contributed by atoms with Crippen molar-refractivity contribution in [1.82, 2.24) is 10.3 Å². The van der Waals surface area contributed by atoms with Gasteiger partial charge in [-0.1, -0.05) is 18.9 Å². The third kappa shape index (κ3) is 4.78. The summed E-state index contributed by atoms with van der Waals surface area (Å²) in [6.07, 6.45) is 4.12. The van der Waals surface area contributed by atoms with Crippen molar-refractivity contribution < 1.29 is 23.7 Å². The van der Waals surface area contributed by atoms with E-state index in [4.69, 9.17) is 18.9 Å². The van der Waals surface area contributed by atoms with Gasteiger partial charge in [-0.2, -0.15) is 4.98 Å². The SMILES string of the molecule is CCOc1cc(C2CCCCC2NC(=O)c2ccc(OC)nc2OC)ccc1OC. The molecule has 1 aliphatic rings. The first-order valence-corrected chi connectivity index (χ1v) is 10.3. The first kappa shape index (κ1) is 21.7. The summed E-state index contributed by atoms with van der Waals surface area (Å²) < 4.78 is 21.6. The third-order valence-electron chi connectivity index (χ3n) is 5.48. The van der Waals surface area contributed by atoms with E-state index >= 15 is 0 Å². The molecule has 1 N–H and O–H groups in total. The van der Waals surface area contributed by atoms with Crippen LogP contribution in [0.25, 0.3) is 0 Å². The van der Waals surface area contributed by atoms with E-state index in [1.807, 2.05) is 19.1 Å². The van der Waals surface area contributed by atoms with Crippen molar-refractivity contribution in [3.8, 4) is 23.3 Å². The Morgan fingerprint density at radius 1 is 1.03 bits per heavy atom. The molecule has 162 valence electrons. The number of nitrogens with one attached hydrogen (secondary N) is 1. The van der Waals surface area contributed by atoms with E-state index in [1.165, 1.54) is 14.2 Å². The van der Waals surface area contributed by atoms with E-state index in [-0.39, 0.29) is 23.7 Å². The first-order chi connectivity index (χ1) is 14.6. The smallest absolute Gasteiger partial charge is 0.257 e. The Hall–Kier alpha value is -2.96. The average Bonchev–Trinajstić information content (AvgIpc) is 2.79. The van der Waals surface area contributed by atoms with Crippen molar-refractivity contribution in [2.75, 3.05) is 27.9 Å². The van der Waals surface area contributed by atoms with Gasteiger partial charge in [0.25, 0.3) is 5.91 Å². The van der Waals surface area contributed by atoms with E-state index in [0.29, 0.717) is 23.8 Å². The Morgan fingerprint density at radius 3 is 2.53 bits per heavy atom. The summed E-state index contributed by atoms with van der Waals surface area (Å²) in [6.45, 7) is 2.51. The van der Waals surface area contributed by atoms with Crippen LogP contribution in [0.4, 0.5) is 0 Å². The molecule has 0 aliphatic heterocycles. The average molecular weight is 415 g/mol. The molecule has 1 aromatic carbocycles. The van der Waals surface area contributed by atoms with Crippen LogP contribution in [0.1, 0.15) is 54.4 Å². The van der Waals surface area contributed by atoms with Crippen LogP contribution in [0.2, 0.25) is 0 Å². The predicted octanol–water partition coefficient (Wildman–Crippen LogP) is 3.96. The normalized spacial score (nSPS) is 18.4. The van der Waals surface area contributed by atoms with Crippen LogP contribution in [-0.2, 0) is 0 Å². The second-order valence-corrected chi connectivity index (χ2v) is 7.22. The van der Waals surface area contributed by atoms with Crippen molar-refractivity contribution >= 4 is 5.91 Å². The van der Waals surface area contributed by atoms with Crippen molar-refractivity contribution in [3.63, 3.8) is 0 Å². The molecule has 2 aromatic rings. The maximum atomic E-state index is 13.0. The second kappa shape index (κ2) is 10.2. The molecule has 0 bridgehead atoms. The van der Waals surface area contributed by atoms with E-state index < -0.39 is 0 Å². The van der Waals surface area contributed by atoms with Gasteiger partial charge in [0.2, 0.25) is 11.8 Å². The highest BCUT2D eigenvalue weighted by atomic mass is 16.5. The Kier molecular flexibility index (Phi) is 7.38. The lowest BCUT2D eigenvalue weighted by atomic mass is 9.79. The van der Waals surface area contributed by atoms with Gasteiger partial charge in [0.1, 0.15) is 5.56 Å². The lowest BCUT2D eigenvalue weighted by Crippen LogP contribution is -2.41. The van der Waals surface area contributed by atoms with E-state index in [9.17, 15) is 4.79 Å². The molecule has 1 fully saturated rings. The van der Waals surface area contributed by atoms with Crippen LogP contribution in [0.3, 0.4) is 0 Å². The lowest BCUT2D eigenvalue weighted by molar-refractivity contribution is 0.0916. The molecule has 3 rings (SSSR count). The molecule has 1 saturated carbocycles. The monoisotopic (exact) mass is 414 g/mol. The minimum Gasteiger partial charge on any atom is -0.493 e. The van der Waals surface area contributed by atoms with Gasteiger partial charge in [-0.05, 0) is 43.5 Å². The number of aromatic nitrogens is 1. The highest BCUT2D eigenvalue weighted by Crippen LogP contribution is 2.38. The molecule has 0 spiro atoms. The molecule has 2 unspecified atom stereocenters. The maximum absolute atomic E-state index is 13.0. The predicted molar refractivity (Wildman–Crippen MR) is 114 cm³/mol. The zero-order valence-corrected chi connectivity index (χ0v) is 18.1. The standard InChI is InChI=1S/C23H30N2O5/c1-5-30-20-14-15(10-12-19(20)27-2)16-8-6-7-9-18(16)24-22(26)17-11-13-21(28-3)25-23(17)29-4/h10-14,16,18H,5-9H2,1-4H3,(H,24,26). The molecule has 7 heteroatoms. The van der Waals surface area contributed by atoms with E-state index in [2.05, 4.69) is 16.4 Å².